The second kappa shape index (κ2) is 10.5. The SMILES string of the molecule is Clc1nc(-c2cccc(-c3cccc4ccccc34)c2)nc(-c2ccc3cc(-c4cccc5ccccc45)ccc3c2)n1. The Labute approximate surface area is 254 Å². The number of benzene rings is 7. The molecule has 0 amide bonds. The Morgan fingerprint density at radius 3 is 1.47 bits per heavy atom. The molecule has 1 heterocycles. The molecule has 3 nitrogen and oxygen atoms in total. The summed E-state index contributed by atoms with van der Waals surface area (Å²) in [5.41, 5.74) is 6.45. The van der Waals surface area contributed by atoms with Crippen molar-refractivity contribution in [1.82, 2.24) is 15.0 Å². The molecule has 0 unspecified atom stereocenters. The number of rotatable bonds is 4. The van der Waals surface area contributed by atoms with Gasteiger partial charge in [-0.15, -0.1) is 0 Å². The lowest BCUT2D eigenvalue weighted by molar-refractivity contribution is 1.07. The molecular weight excluding hydrogens is 546 g/mol. The predicted molar refractivity (Wildman–Crippen MR) is 179 cm³/mol. The minimum absolute atomic E-state index is 0.168. The first kappa shape index (κ1) is 25.3. The van der Waals surface area contributed by atoms with Crippen molar-refractivity contribution in [3.63, 3.8) is 0 Å². The molecule has 8 rings (SSSR count). The minimum atomic E-state index is 0.168. The fourth-order valence-corrected chi connectivity index (χ4v) is 6.10. The second-order valence-corrected chi connectivity index (χ2v) is 11.0. The molecule has 0 radical (unpaired) electrons. The number of aromatic nitrogens is 3. The third-order valence-corrected chi connectivity index (χ3v) is 8.20. The van der Waals surface area contributed by atoms with E-state index >= 15 is 0 Å². The summed E-state index contributed by atoms with van der Waals surface area (Å²) in [6.45, 7) is 0. The van der Waals surface area contributed by atoms with Gasteiger partial charge in [0.1, 0.15) is 0 Å². The number of hydrogen-bond donors (Lipinski definition) is 0. The van der Waals surface area contributed by atoms with Gasteiger partial charge >= 0.3 is 0 Å². The Balaban J connectivity index is 1.17. The highest BCUT2D eigenvalue weighted by atomic mass is 35.5. The zero-order chi connectivity index (χ0) is 28.8. The molecule has 0 saturated heterocycles. The van der Waals surface area contributed by atoms with E-state index in [0.29, 0.717) is 11.6 Å². The van der Waals surface area contributed by atoms with Gasteiger partial charge in [-0.3, -0.25) is 0 Å². The van der Waals surface area contributed by atoms with Crippen LogP contribution in [0.2, 0.25) is 5.28 Å². The molecule has 0 aliphatic rings. The lowest BCUT2D eigenvalue weighted by Gasteiger charge is -2.10. The molecule has 0 spiro atoms. The van der Waals surface area contributed by atoms with Crippen molar-refractivity contribution in [3.8, 4) is 45.0 Å². The molecule has 0 saturated carbocycles. The molecule has 0 atom stereocenters. The van der Waals surface area contributed by atoms with Crippen LogP contribution >= 0.6 is 11.6 Å². The van der Waals surface area contributed by atoms with E-state index in [1.807, 2.05) is 12.1 Å². The summed E-state index contributed by atoms with van der Waals surface area (Å²) in [6, 6.07) is 50.9. The van der Waals surface area contributed by atoms with Crippen LogP contribution in [0.25, 0.3) is 77.3 Å². The van der Waals surface area contributed by atoms with E-state index in [0.717, 1.165) is 33.0 Å². The Hall–Kier alpha value is -5.38. The van der Waals surface area contributed by atoms with E-state index in [1.54, 1.807) is 0 Å². The van der Waals surface area contributed by atoms with Crippen molar-refractivity contribution in [2.45, 2.75) is 0 Å². The van der Waals surface area contributed by atoms with Crippen molar-refractivity contribution in [3.05, 3.63) is 151 Å². The normalized spacial score (nSPS) is 11.4. The third-order valence-electron chi connectivity index (χ3n) is 8.03. The minimum Gasteiger partial charge on any atom is -0.208 e. The molecular formula is C39H24ClN3. The Morgan fingerprint density at radius 2 is 0.814 bits per heavy atom. The molecule has 0 fully saturated rings. The Kier molecular flexibility index (Phi) is 6.17. The van der Waals surface area contributed by atoms with Gasteiger partial charge in [0.15, 0.2) is 11.6 Å². The van der Waals surface area contributed by atoms with Crippen molar-refractivity contribution in [2.75, 3.05) is 0 Å². The molecule has 1 aromatic heterocycles. The van der Waals surface area contributed by atoms with Gasteiger partial charge in [0.2, 0.25) is 5.28 Å². The molecule has 0 aliphatic carbocycles. The van der Waals surface area contributed by atoms with Gasteiger partial charge in [0.25, 0.3) is 0 Å². The van der Waals surface area contributed by atoms with Gasteiger partial charge < -0.3 is 0 Å². The molecule has 202 valence electrons. The summed E-state index contributed by atoms with van der Waals surface area (Å²) in [5.74, 6) is 1.09. The molecule has 0 bridgehead atoms. The van der Waals surface area contributed by atoms with E-state index in [-0.39, 0.29) is 5.28 Å². The van der Waals surface area contributed by atoms with Crippen LogP contribution in [0.5, 0.6) is 0 Å². The van der Waals surface area contributed by atoms with Gasteiger partial charge in [-0.05, 0) is 84.4 Å². The highest BCUT2D eigenvalue weighted by Crippen LogP contribution is 2.34. The molecule has 8 aromatic rings. The van der Waals surface area contributed by atoms with Crippen LogP contribution in [0.4, 0.5) is 0 Å². The van der Waals surface area contributed by atoms with Crippen LogP contribution in [0.3, 0.4) is 0 Å². The second-order valence-electron chi connectivity index (χ2n) is 10.7. The van der Waals surface area contributed by atoms with Crippen molar-refractivity contribution in [1.29, 1.82) is 0 Å². The van der Waals surface area contributed by atoms with Gasteiger partial charge in [-0.2, -0.15) is 9.97 Å². The zero-order valence-electron chi connectivity index (χ0n) is 23.1. The lowest BCUT2D eigenvalue weighted by atomic mass is 9.96. The van der Waals surface area contributed by atoms with Crippen LogP contribution < -0.4 is 0 Å². The zero-order valence-corrected chi connectivity index (χ0v) is 23.8. The van der Waals surface area contributed by atoms with Crippen LogP contribution in [0.1, 0.15) is 0 Å². The Bertz CT molecular complexity index is 2320. The summed E-state index contributed by atoms with van der Waals surface area (Å²) < 4.78 is 0. The maximum Gasteiger partial charge on any atom is 0.226 e. The standard InChI is InChI=1S/C39H24ClN3/c40-39-42-37(31-13-5-12-29(24-31)35-16-6-10-25-8-1-3-14-33(25)35)41-38(43-39)32-21-19-27-22-30(20-18-28(27)23-32)36-17-7-11-26-9-2-4-15-34(26)36/h1-24H. The van der Waals surface area contributed by atoms with Crippen LogP contribution in [0, 0.1) is 0 Å². The smallest absolute Gasteiger partial charge is 0.208 e. The maximum absolute atomic E-state index is 6.48. The average Bonchev–Trinajstić information content (AvgIpc) is 3.07. The number of hydrogen-bond acceptors (Lipinski definition) is 3. The van der Waals surface area contributed by atoms with Crippen molar-refractivity contribution < 1.29 is 0 Å². The fraction of sp³-hybridized carbons (Fsp3) is 0. The first-order valence-electron chi connectivity index (χ1n) is 14.2. The molecule has 4 heteroatoms. The topological polar surface area (TPSA) is 38.7 Å². The monoisotopic (exact) mass is 569 g/mol. The van der Waals surface area contributed by atoms with Crippen LogP contribution in [0.15, 0.2) is 146 Å². The van der Waals surface area contributed by atoms with Gasteiger partial charge in [0, 0.05) is 11.1 Å². The van der Waals surface area contributed by atoms with Crippen molar-refractivity contribution in [2.24, 2.45) is 0 Å². The lowest BCUT2D eigenvalue weighted by Crippen LogP contribution is -1.97. The van der Waals surface area contributed by atoms with Gasteiger partial charge in [-0.25, -0.2) is 4.98 Å². The first-order valence-corrected chi connectivity index (χ1v) is 14.6. The van der Waals surface area contributed by atoms with E-state index < -0.39 is 0 Å². The van der Waals surface area contributed by atoms with E-state index in [9.17, 15) is 0 Å². The van der Waals surface area contributed by atoms with Crippen molar-refractivity contribution >= 4 is 43.9 Å². The van der Waals surface area contributed by atoms with E-state index in [4.69, 9.17) is 16.6 Å². The summed E-state index contributed by atoms with van der Waals surface area (Å²) in [6.07, 6.45) is 0. The molecule has 0 N–H and O–H groups in total. The summed E-state index contributed by atoms with van der Waals surface area (Å²) >= 11 is 6.48. The van der Waals surface area contributed by atoms with Crippen LogP contribution in [-0.4, -0.2) is 15.0 Å². The first-order chi connectivity index (χ1) is 21.2. The Morgan fingerprint density at radius 1 is 0.349 bits per heavy atom. The van der Waals surface area contributed by atoms with Gasteiger partial charge in [0.05, 0.1) is 0 Å². The van der Waals surface area contributed by atoms with E-state index in [1.165, 1.54) is 32.7 Å². The molecule has 0 aliphatic heterocycles. The highest BCUT2D eigenvalue weighted by molar-refractivity contribution is 6.28. The third kappa shape index (κ3) is 4.70. The average molecular weight is 570 g/mol. The maximum atomic E-state index is 6.48. The highest BCUT2D eigenvalue weighted by Gasteiger charge is 2.13. The molecule has 7 aromatic carbocycles. The van der Waals surface area contributed by atoms with Gasteiger partial charge in [-0.1, -0.05) is 127 Å². The largest absolute Gasteiger partial charge is 0.226 e. The number of fused-ring (bicyclic) bond motifs is 3. The summed E-state index contributed by atoms with van der Waals surface area (Å²) in [4.78, 5) is 13.9. The van der Waals surface area contributed by atoms with E-state index in [2.05, 4.69) is 143 Å². The fourth-order valence-electron chi connectivity index (χ4n) is 5.94. The summed E-state index contributed by atoms with van der Waals surface area (Å²) in [5, 5.41) is 7.32. The quantitative estimate of drug-likeness (QED) is 0.211. The predicted octanol–water partition coefficient (Wildman–Crippen LogP) is 10.7. The number of halogens is 1. The summed E-state index contributed by atoms with van der Waals surface area (Å²) in [7, 11) is 0. The number of nitrogens with zero attached hydrogens (tertiary/aromatic N) is 3. The van der Waals surface area contributed by atoms with Crippen LogP contribution in [-0.2, 0) is 0 Å². The molecule has 43 heavy (non-hydrogen) atoms.